The number of ether oxygens (including phenoxy) is 1. The van der Waals surface area contributed by atoms with Gasteiger partial charge >= 0.3 is 0 Å². The maximum atomic E-state index is 12.8. The first kappa shape index (κ1) is 20.5. The molecule has 0 bridgehead atoms. The van der Waals surface area contributed by atoms with E-state index in [0.717, 1.165) is 74.6 Å². The fourth-order valence-electron chi connectivity index (χ4n) is 4.63. The predicted molar refractivity (Wildman–Crippen MR) is 113 cm³/mol. The van der Waals surface area contributed by atoms with Gasteiger partial charge in [0, 0.05) is 31.7 Å². The van der Waals surface area contributed by atoms with Gasteiger partial charge in [0.2, 0.25) is 0 Å². The first-order chi connectivity index (χ1) is 14.0. The number of nitrogens with one attached hydrogen (secondary N) is 2. The lowest BCUT2D eigenvalue weighted by Crippen LogP contribution is -2.63. The molecule has 158 valence electrons. The number of morpholine rings is 1. The number of aromatic nitrogens is 3. The van der Waals surface area contributed by atoms with Crippen molar-refractivity contribution < 1.29 is 9.53 Å². The Labute approximate surface area is 176 Å². The quantitative estimate of drug-likeness (QED) is 0.781. The van der Waals surface area contributed by atoms with Crippen molar-refractivity contribution in [3.63, 3.8) is 0 Å². The highest BCUT2D eigenvalue weighted by Crippen LogP contribution is 2.35. The van der Waals surface area contributed by atoms with E-state index >= 15 is 0 Å². The summed E-state index contributed by atoms with van der Waals surface area (Å²) in [7, 11) is 0. The maximum Gasteiger partial charge on any atom is 0.263 e. The summed E-state index contributed by atoms with van der Waals surface area (Å²) in [4.78, 5) is 28.3. The van der Waals surface area contributed by atoms with Gasteiger partial charge in [0.25, 0.3) is 5.91 Å². The number of thiazole rings is 1. The van der Waals surface area contributed by atoms with Gasteiger partial charge in [0.05, 0.1) is 29.5 Å². The minimum absolute atomic E-state index is 0.0206. The molecule has 29 heavy (non-hydrogen) atoms. The molecule has 2 fully saturated rings. The van der Waals surface area contributed by atoms with Gasteiger partial charge in [-0.15, -0.1) is 11.3 Å². The smallest absolute Gasteiger partial charge is 0.263 e. The Hall–Kier alpha value is -1.77. The number of aryl methyl sites for hydroxylation is 3. The van der Waals surface area contributed by atoms with E-state index in [1.165, 1.54) is 11.3 Å². The summed E-state index contributed by atoms with van der Waals surface area (Å²) in [6.45, 7) is 9.33. The number of amides is 1. The van der Waals surface area contributed by atoms with Crippen molar-refractivity contribution in [1.29, 1.82) is 0 Å². The van der Waals surface area contributed by atoms with E-state index in [1.54, 1.807) is 5.51 Å². The predicted octanol–water partition coefficient (Wildman–Crippen LogP) is 2.99. The molecule has 0 radical (unpaired) electrons. The molecular weight excluding hydrogens is 386 g/mol. The Morgan fingerprint density at radius 1 is 1.45 bits per heavy atom. The van der Waals surface area contributed by atoms with E-state index in [-0.39, 0.29) is 17.6 Å². The van der Waals surface area contributed by atoms with E-state index in [2.05, 4.69) is 34.0 Å². The van der Waals surface area contributed by atoms with Crippen LogP contribution in [-0.4, -0.2) is 57.1 Å². The second-order valence-electron chi connectivity index (χ2n) is 8.27. The van der Waals surface area contributed by atoms with Crippen molar-refractivity contribution in [3.05, 3.63) is 33.3 Å². The van der Waals surface area contributed by atoms with Crippen LogP contribution in [0.4, 0.5) is 0 Å². The van der Waals surface area contributed by atoms with Crippen molar-refractivity contribution in [3.8, 4) is 0 Å². The summed E-state index contributed by atoms with van der Waals surface area (Å²) in [6, 6.07) is 0.0273. The molecule has 1 amide bonds. The number of hydrogen-bond acceptors (Lipinski definition) is 6. The molecule has 1 aliphatic carbocycles. The standard InChI is InChI=1S/C21H31N5O2S/c1-4-18-23-14(2)16(24-18)11-26-9-10-28-21(12-26)8-6-5-7-17(21)25-20(27)19-15(3)22-13-29-19/h13,17H,4-12H2,1-3H3,(H,23,24)(H,25,27). The SMILES string of the molecule is CCc1nc(CN2CCOC3(CCCCC3NC(=O)c3scnc3C)C2)c(C)[nH]1. The summed E-state index contributed by atoms with van der Waals surface area (Å²) >= 11 is 1.40. The highest BCUT2D eigenvalue weighted by atomic mass is 32.1. The molecule has 2 aromatic heterocycles. The Morgan fingerprint density at radius 3 is 3.03 bits per heavy atom. The minimum Gasteiger partial charge on any atom is -0.370 e. The summed E-state index contributed by atoms with van der Waals surface area (Å²) < 4.78 is 6.40. The average Bonchev–Trinajstić information content (AvgIpc) is 3.29. The number of aromatic amines is 1. The lowest BCUT2D eigenvalue weighted by Gasteiger charge is -2.49. The van der Waals surface area contributed by atoms with Crippen LogP contribution in [0.3, 0.4) is 0 Å². The second-order valence-corrected chi connectivity index (χ2v) is 9.13. The molecule has 8 heteroatoms. The van der Waals surface area contributed by atoms with E-state index in [1.807, 2.05) is 6.92 Å². The van der Waals surface area contributed by atoms with E-state index in [0.29, 0.717) is 11.5 Å². The van der Waals surface area contributed by atoms with E-state index < -0.39 is 0 Å². The Morgan fingerprint density at radius 2 is 2.31 bits per heavy atom. The molecular formula is C21H31N5O2S. The van der Waals surface area contributed by atoms with Crippen LogP contribution in [0.2, 0.25) is 0 Å². The first-order valence-electron chi connectivity index (χ1n) is 10.6. The molecule has 2 unspecified atom stereocenters. The molecule has 2 atom stereocenters. The maximum absolute atomic E-state index is 12.8. The summed E-state index contributed by atoms with van der Waals surface area (Å²) in [6.07, 6.45) is 5.12. The largest absolute Gasteiger partial charge is 0.370 e. The highest BCUT2D eigenvalue weighted by Gasteiger charge is 2.46. The number of rotatable bonds is 5. The van der Waals surface area contributed by atoms with Crippen molar-refractivity contribution >= 4 is 17.2 Å². The molecule has 2 aromatic rings. The monoisotopic (exact) mass is 417 g/mol. The number of H-pyrrole nitrogens is 1. The number of carbonyl (C=O) groups is 1. The van der Waals surface area contributed by atoms with Gasteiger partial charge in [-0.05, 0) is 26.7 Å². The normalized spacial score (nSPS) is 25.4. The molecule has 1 spiro atoms. The van der Waals surface area contributed by atoms with Crippen molar-refractivity contribution in [2.75, 3.05) is 19.7 Å². The van der Waals surface area contributed by atoms with Gasteiger partial charge in [-0.25, -0.2) is 9.97 Å². The molecule has 2 aliphatic rings. The topological polar surface area (TPSA) is 83.1 Å². The number of hydrogen-bond donors (Lipinski definition) is 2. The zero-order chi connectivity index (χ0) is 20.4. The molecule has 1 saturated heterocycles. The Bertz CT molecular complexity index is 859. The third-order valence-electron chi connectivity index (χ3n) is 6.27. The van der Waals surface area contributed by atoms with Crippen molar-refractivity contribution in [1.82, 2.24) is 25.2 Å². The fourth-order valence-corrected chi connectivity index (χ4v) is 5.34. The van der Waals surface area contributed by atoms with E-state index in [4.69, 9.17) is 9.72 Å². The van der Waals surface area contributed by atoms with Crippen LogP contribution in [0.15, 0.2) is 5.51 Å². The Balaban J connectivity index is 1.48. The van der Waals surface area contributed by atoms with Crippen molar-refractivity contribution in [2.45, 2.75) is 71.1 Å². The number of nitrogens with zero attached hydrogens (tertiary/aromatic N) is 3. The van der Waals surface area contributed by atoms with Gasteiger partial charge in [0.15, 0.2) is 0 Å². The van der Waals surface area contributed by atoms with E-state index in [9.17, 15) is 4.79 Å². The molecule has 4 rings (SSSR count). The van der Waals surface area contributed by atoms with Crippen LogP contribution >= 0.6 is 11.3 Å². The van der Waals surface area contributed by atoms with Crippen LogP contribution in [0, 0.1) is 13.8 Å². The van der Waals surface area contributed by atoms with Crippen LogP contribution < -0.4 is 5.32 Å². The third kappa shape index (κ3) is 4.25. The first-order valence-corrected chi connectivity index (χ1v) is 11.5. The highest BCUT2D eigenvalue weighted by molar-refractivity contribution is 7.11. The average molecular weight is 418 g/mol. The van der Waals surface area contributed by atoms with Crippen LogP contribution in [0.5, 0.6) is 0 Å². The number of carbonyl (C=O) groups excluding carboxylic acids is 1. The lowest BCUT2D eigenvalue weighted by atomic mass is 9.78. The molecule has 0 aromatic carbocycles. The molecule has 1 aliphatic heterocycles. The Kier molecular flexibility index (Phi) is 6.03. The van der Waals surface area contributed by atoms with Gasteiger partial charge in [-0.2, -0.15) is 0 Å². The number of imidazole rings is 1. The van der Waals surface area contributed by atoms with Gasteiger partial charge in [-0.1, -0.05) is 19.8 Å². The molecule has 1 saturated carbocycles. The summed E-state index contributed by atoms with van der Waals surface area (Å²) in [5.41, 5.74) is 4.48. The molecule has 2 N–H and O–H groups in total. The third-order valence-corrected chi connectivity index (χ3v) is 7.19. The zero-order valence-corrected chi connectivity index (χ0v) is 18.4. The van der Waals surface area contributed by atoms with Gasteiger partial charge in [0.1, 0.15) is 16.3 Å². The second kappa shape index (κ2) is 8.53. The van der Waals surface area contributed by atoms with Gasteiger partial charge < -0.3 is 15.0 Å². The van der Waals surface area contributed by atoms with Crippen molar-refractivity contribution in [2.24, 2.45) is 0 Å². The minimum atomic E-state index is -0.317. The van der Waals surface area contributed by atoms with Gasteiger partial charge in [-0.3, -0.25) is 9.69 Å². The lowest BCUT2D eigenvalue weighted by molar-refractivity contribution is -0.143. The van der Waals surface area contributed by atoms with Crippen LogP contribution in [-0.2, 0) is 17.7 Å². The van der Waals surface area contributed by atoms with Crippen LogP contribution in [0.25, 0.3) is 0 Å². The fraction of sp³-hybridized carbons (Fsp3) is 0.667. The zero-order valence-electron chi connectivity index (χ0n) is 17.6. The molecule has 3 heterocycles. The summed E-state index contributed by atoms with van der Waals surface area (Å²) in [5.74, 6) is 1.02. The summed E-state index contributed by atoms with van der Waals surface area (Å²) in [5, 5.41) is 3.29. The van der Waals surface area contributed by atoms with Crippen LogP contribution in [0.1, 0.15) is 65.2 Å². The molecule has 7 nitrogen and oxygen atoms in total.